The Labute approximate surface area is 262 Å². The molecule has 4 N–H and O–H groups in total. The van der Waals surface area contributed by atoms with Crippen molar-refractivity contribution >= 4 is 94.2 Å². The molecule has 0 spiro atoms. The van der Waals surface area contributed by atoms with Gasteiger partial charge in [-0.3, -0.25) is 0 Å². The van der Waals surface area contributed by atoms with Crippen LogP contribution in [0.15, 0.2) is 36.4 Å². The second-order valence-electron chi connectivity index (χ2n) is 8.10. The first-order chi connectivity index (χ1) is 20.5. The average molecular weight is 688 g/mol. The molecule has 0 aromatic heterocycles. The average Bonchev–Trinajstić information content (AvgIpc) is 2.96. The van der Waals surface area contributed by atoms with Gasteiger partial charge in [0, 0.05) is 0 Å². The lowest BCUT2D eigenvalue weighted by Gasteiger charge is -2.15. The van der Waals surface area contributed by atoms with Crippen LogP contribution < -0.4 is 0 Å². The van der Waals surface area contributed by atoms with E-state index in [2.05, 4.69) is 9.47 Å². The Morgan fingerprint density at radius 3 is 1.02 bits per heavy atom. The fourth-order valence-corrected chi connectivity index (χ4v) is 4.47. The summed E-state index contributed by atoms with van der Waals surface area (Å²) in [6.45, 7) is 0. The van der Waals surface area contributed by atoms with Crippen molar-refractivity contribution in [1.82, 2.24) is 0 Å². The van der Waals surface area contributed by atoms with Crippen molar-refractivity contribution in [1.29, 1.82) is 0 Å². The van der Waals surface area contributed by atoms with Crippen LogP contribution in [0.5, 0.6) is 0 Å². The number of benzene rings is 3. The Balaban J connectivity index is 2.10. The zero-order valence-electron chi connectivity index (χ0n) is 20.8. The minimum Gasteiger partial charge on any atom is -0.478 e. The summed E-state index contributed by atoms with van der Waals surface area (Å²) in [4.78, 5) is 97.6. The number of carbonyl (C=O) groups excluding carboxylic acids is 4. The van der Waals surface area contributed by atoms with E-state index in [4.69, 9.17) is 46.4 Å². The van der Waals surface area contributed by atoms with Gasteiger partial charge in [-0.2, -0.15) is 0 Å². The van der Waals surface area contributed by atoms with Gasteiger partial charge in [0.05, 0.1) is 64.6 Å². The smallest absolute Gasteiger partial charge is 0.348 e. The van der Waals surface area contributed by atoms with Crippen LogP contribution in [0.25, 0.3) is 0 Å². The van der Waals surface area contributed by atoms with Crippen molar-refractivity contribution in [2.24, 2.45) is 0 Å². The highest BCUT2D eigenvalue weighted by atomic mass is 35.5. The standard InChI is InChI=1S/C26H10Cl4O14/c27-15-13(25(41)43-23(39)11-5-7(19(31)32)1-3-9(11)21(35)36)14(16(28)18(30)17(15)29)26(42)44-24(40)12-6-8(20(33)34)2-4-10(12)22(37)38/h1-6H,(H,31,32)(H,33,34)(H,35,36)(H,37,38). The van der Waals surface area contributed by atoms with Gasteiger partial charge >= 0.3 is 47.8 Å². The van der Waals surface area contributed by atoms with Gasteiger partial charge in [-0.25, -0.2) is 38.4 Å². The molecule has 0 saturated carbocycles. The summed E-state index contributed by atoms with van der Waals surface area (Å²) in [7, 11) is 0. The zero-order valence-corrected chi connectivity index (χ0v) is 23.9. The molecule has 3 aromatic carbocycles. The Hall–Kier alpha value is -5.02. The second kappa shape index (κ2) is 13.1. The third-order valence-corrected chi connectivity index (χ3v) is 7.28. The van der Waals surface area contributed by atoms with Crippen molar-refractivity contribution in [3.05, 3.63) is 101 Å². The molecule has 3 rings (SSSR count). The molecule has 0 saturated heterocycles. The Kier molecular flexibility index (Phi) is 9.96. The van der Waals surface area contributed by atoms with Crippen LogP contribution in [0.4, 0.5) is 0 Å². The first-order valence-electron chi connectivity index (χ1n) is 11.1. The van der Waals surface area contributed by atoms with Crippen LogP contribution in [0.3, 0.4) is 0 Å². The number of carbonyl (C=O) groups is 8. The van der Waals surface area contributed by atoms with Crippen LogP contribution in [-0.4, -0.2) is 68.2 Å². The van der Waals surface area contributed by atoms with Crippen molar-refractivity contribution < 1.29 is 68.3 Å². The molecule has 0 aliphatic rings. The van der Waals surface area contributed by atoms with Gasteiger partial charge in [-0.05, 0) is 36.4 Å². The summed E-state index contributed by atoms with van der Waals surface area (Å²) in [6.07, 6.45) is 0. The van der Waals surface area contributed by atoms with Crippen LogP contribution in [0.1, 0.15) is 82.9 Å². The molecule has 0 fully saturated rings. The Morgan fingerprint density at radius 1 is 0.432 bits per heavy atom. The number of aromatic carboxylic acids is 4. The first-order valence-corrected chi connectivity index (χ1v) is 12.6. The van der Waals surface area contributed by atoms with E-state index in [0.717, 1.165) is 24.3 Å². The molecule has 0 bridgehead atoms. The van der Waals surface area contributed by atoms with Crippen LogP contribution in [0.2, 0.25) is 20.1 Å². The molecule has 0 radical (unpaired) electrons. The minimum atomic E-state index is -1.84. The fraction of sp³-hybridized carbons (Fsp3) is 0. The monoisotopic (exact) mass is 686 g/mol. The molecule has 0 heterocycles. The maximum atomic E-state index is 13.1. The van der Waals surface area contributed by atoms with E-state index in [1.165, 1.54) is 0 Å². The van der Waals surface area contributed by atoms with E-state index in [1.807, 2.05) is 0 Å². The van der Waals surface area contributed by atoms with Gasteiger partial charge in [0.2, 0.25) is 0 Å². The van der Waals surface area contributed by atoms with Crippen molar-refractivity contribution in [2.75, 3.05) is 0 Å². The molecule has 3 aromatic rings. The van der Waals surface area contributed by atoms with E-state index in [1.54, 1.807) is 0 Å². The zero-order chi connectivity index (χ0) is 33.2. The van der Waals surface area contributed by atoms with E-state index >= 15 is 0 Å². The minimum absolute atomic E-state index is 0.569. The predicted octanol–water partition coefficient (Wildman–Crippen LogP) is 5.09. The predicted molar refractivity (Wildman–Crippen MR) is 147 cm³/mol. The van der Waals surface area contributed by atoms with Gasteiger partial charge in [-0.15, -0.1) is 0 Å². The number of ether oxygens (including phenoxy) is 2. The quantitative estimate of drug-likeness (QED) is 0.104. The molecule has 0 amide bonds. The van der Waals surface area contributed by atoms with Crippen molar-refractivity contribution in [3.8, 4) is 0 Å². The molecule has 14 nitrogen and oxygen atoms in total. The first kappa shape index (κ1) is 33.5. The molecular formula is C26H10Cl4O14. The van der Waals surface area contributed by atoms with E-state index in [0.29, 0.717) is 12.1 Å². The molecule has 0 atom stereocenters. The Bertz CT molecular complexity index is 1710. The molecule has 18 heteroatoms. The SMILES string of the molecule is O=C(O)c1ccc(C(=O)O)c(C(=O)OC(=O)c2c(Cl)c(Cl)c(Cl)c(Cl)c2C(=O)OC(=O)c2cc(C(=O)O)ccc2C(=O)O)c1. The number of hydrogen-bond acceptors (Lipinski definition) is 10. The van der Waals surface area contributed by atoms with E-state index in [9.17, 15) is 58.8 Å². The van der Waals surface area contributed by atoms with E-state index < -0.39 is 112 Å². The molecule has 0 aliphatic heterocycles. The fourth-order valence-electron chi connectivity index (χ4n) is 3.46. The molecule has 226 valence electrons. The van der Waals surface area contributed by atoms with Gasteiger partial charge in [-0.1, -0.05) is 46.4 Å². The van der Waals surface area contributed by atoms with Gasteiger partial charge in [0.1, 0.15) is 0 Å². The lowest BCUT2D eigenvalue weighted by atomic mass is 10.0. The van der Waals surface area contributed by atoms with Crippen LogP contribution in [0, 0.1) is 0 Å². The number of carboxylic acid groups (broad SMARTS) is 4. The van der Waals surface area contributed by atoms with Gasteiger partial charge in [0.15, 0.2) is 0 Å². The van der Waals surface area contributed by atoms with Crippen molar-refractivity contribution in [3.63, 3.8) is 0 Å². The lowest BCUT2D eigenvalue weighted by molar-refractivity contribution is 0.0354. The normalized spacial score (nSPS) is 10.5. The summed E-state index contributed by atoms with van der Waals surface area (Å²) in [5.41, 5.74) is -6.80. The highest BCUT2D eigenvalue weighted by Gasteiger charge is 2.34. The summed E-state index contributed by atoms with van der Waals surface area (Å²) >= 11 is 24.1. The topological polar surface area (TPSA) is 236 Å². The maximum Gasteiger partial charge on any atom is 0.348 e. The lowest BCUT2D eigenvalue weighted by Crippen LogP contribution is -2.22. The number of rotatable bonds is 8. The number of halogens is 4. The highest BCUT2D eigenvalue weighted by molar-refractivity contribution is 6.54. The third kappa shape index (κ3) is 6.63. The number of esters is 4. The van der Waals surface area contributed by atoms with Crippen LogP contribution >= 0.6 is 46.4 Å². The summed E-state index contributed by atoms with van der Waals surface area (Å²) < 4.78 is 9.27. The largest absolute Gasteiger partial charge is 0.478 e. The van der Waals surface area contributed by atoms with Gasteiger partial charge < -0.3 is 29.9 Å². The highest BCUT2D eigenvalue weighted by Crippen LogP contribution is 2.42. The molecule has 0 aliphatic carbocycles. The number of carboxylic acids is 4. The van der Waals surface area contributed by atoms with Crippen LogP contribution in [-0.2, 0) is 9.47 Å². The Morgan fingerprint density at radius 2 is 0.750 bits per heavy atom. The third-order valence-electron chi connectivity index (χ3n) is 5.48. The van der Waals surface area contributed by atoms with Gasteiger partial charge in [0.25, 0.3) is 0 Å². The molecular weight excluding hydrogens is 678 g/mol. The van der Waals surface area contributed by atoms with Crippen molar-refractivity contribution in [2.45, 2.75) is 0 Å². The maximum absolute atomic E-state index is 13.1. The summed E-state index contributed by atoms with van der Waals surface area (Å²) in [6, 6.07) is 4.37. The second-order valence-corrected chi connectivity index (χ2v) is 9.61. The molecule has 0 unspecified atom stereocenters. The van der Waals surface area contributed by atoms with E-state index in [-0.39, 0.29) is 0 Å². The summed E-state index contributed by atoms with van der Waals surface area (Å²) in [5.74, 6) is -13.7. The summed E-state index contributed by atoms with van der Waals surface area (Å²) in [5, 5.41) is 34.0. The molecule has 44 heavy (non-hydrogen) atoms. The number of hydrogen-bond donors (Lipinski definition) is 4.